The number of nitriles is 1. The molecular formula is C25H19BrF3N3O2S. The number of benzene rings is 2. The predicted octanol–water partition coefficient (Wildman–Crippen LogP) is 6.51. The number of halogens is 4. The zero-order valence-electron chi connectivity index (χ0n) is 18.7. The zero-order chi connectivity index (χ0) is 25.8. The molecule has 180 valence electrons. The number of rotatable bonds is 7. The molecule has 1 N–H and O–H groups in total. The number of aromatic nitrogens is 1. The molecule has 0 aliphatic heterocycles. The third-order valence-electron chi connectivity index (χ3n) is 5.18. The van der Waals surface area contributed by atoms with E-state index in [1.807, 2.05) is 0 Å². The fraction of sp³-hybridized carbons (Fsp3) is 0.200. The van der Waals surface area contributed by atoms with Crippen LogP contribution < -0.4 is 5.32 Å². The molecule has 0 radical (unpaired) electrons. The molecule has 0 atom stereocenters. The van der Waals surface area contributed by atoms with Gasteiger partial charge in [0.1, 0.15) is 11.1 Å². The number of anilines is 1. The number of aryl methyl sites for hydroxylation is 1. The lowest BCUT2D eigenvalue weighted by Gasteiger charge is -2.14. The van der Waals surface area contributed by atoms with Crippen LogP contribution in [0.4, 0.5) is 18.9 Å². The summed E-state index contributed by atoms with van der Waals surface area (Å²) in [6, 6.07) is 13.4. The zero-order valence-corrected chi connectivity index (χ0v) is 21.1. The third-order valence-corrected chi connectivity index (χ3v) is 6.68. The van der Waals surface area contributed by atoms with Gasteiger partial charge in [0.15, 0.2) is 5.78 Å². The molecule has 0 bridgehead atoms. The van der Waals surface area contributed by atoms with E-state index in [2.05, 4.69) is 32.3 Å². The van der Waals surface area contributed by atoms with Crippen LogP contribution in [-0.2, 0) is 17.4 Å². The van der Waals surface area contributed by atoms with E-state index in [1.165, 1.54) is 12.1 Å². The number of nitrogens with zero attached hydrogens (tertiary/aromatic N) is 2. The van der Waals surface area contributed by atoms with Gasteiger partial charge in [0, 0.05) is 27.8 Å². The molecule has 0 fully saturated rings. The van der Waals surface area contributed by atoms with Crippen LogP contribution >= 0.6 is 27.7 Å². The van der Waals surface area contributed by atoms with E-state index in [-0.39, 0.29) is 29.2 Å². The summed E-state index contributed by atoms with van der Waals surface area (Å²) in [6.07, 6.45) is -4.45. The number of carbonyl (C=O) groups is 2. The molecule has 1 amide bonds. The van der Waals surface area contributed by atoms with Crippen molar-refractivity contribution in [3.05, 3.63) is 86.5 Å². The summed E-state index contributed by atoms with van der Waals surface area (Å²) in [4.78, 5) is 29.5. The van der Waals surface area contributed by atoms with Crippen molar-refractivity contribution < 1.29 is 22.8 Å². The molecule has 10 heteroatoms. The number of hydrogen-bond acceptors (Lipinski definition) is 5. The lowest BCUT2D eigenvalue weighted by molar-refractivity contribution is -0.137. The van der Waals surface area contributed by atoms with Crippen LogP contribution in [0.1, 0.15) is 38.3 Å². The maximum Gasteiger partial charge on any atom is 0.416 e. The fourth-order valence-electron chi connectivity index (χ4n) is 3.36. The summed E-state index contributed by atoms with van der Waals surface area (Å²) in [7, 11) is 0. The summed E-state index contributed by atoms with van der Waals surface area (Å²) >= 11 is 4.34. The minimum Gasteiger partial charge on any atom is -0.325 e. The first kappa shape index (κ1) is 26.4. The number of carbonyl (C=O) groups excluding carboxylic acids is 2. The van der Waals surface area contributed by atoms with Gasteiger partial charge in [-0.15, -0.1) is 0 Å². The molecule has 35 heavy (non-hydrogen) atoms. The van der Waals surface area contributed by atoms with E-state index < -0.39 is 17.6 Å². The van der Waals surface area contributed by atoms with Gasteiger partial charge in [-0.25, -0.2) is 4.98 Å². The van der Waals surface area contributed by atoms with Gasteiger partial charge in [-0.3, -0.25) is 9.59 Å². The van der Waals surface area contributed by atoms with Gasteiger partial charge in [0.05, 0.1) is 16.9 Å². The summed E-state index contributed by atoms with van der Waals surface area (Å²) < 4.78 is 39.5. The normalized spacial score (nSPS) is 11.1. The van der Waals surface area contributed by atoms with E-state index in [9.17, 15) is 28.0 Å². The molecule has 1 heterocycles. The van der Waals surface area contributed by atoms with Gasteiger partial charge < -0.3 is 5.32 Å². The Labute approximate surface area is 212 Å². The molecule has 0 aliphatic carbocycles. The number of pyridine rings is 1. The standard InChI is InChI=1S/C25H19BrF3N3O2S/c1-14-20(11-22(33)16-6-8-18(26)9-7-16)15(2)31-24(21(14)12-30)35-13-23(34)32-19-5-3-4-17(10-19)25(27,28)29/h3-10H,11,13H2,1-2H3,(H,32,34). The van der Waals surface area contributed by atoms with E-state index >= 15 is 0 Å². The third kappa shape index (κ3) is 6.71. The first-order valence-corrected chi connectivity index (χ1v) is 12.1. The quantitative estimate of drug-likeness (QED) is 0.262. The number of thioether (sulfide) groups is 1. The molecule has 0 aliphatic rings. The molecular weight excluding hydrogens is 543 g/mol. The van der Waals surface area contributed by atoms with E-state index in [4.69, 9.17) is 0 Å². The van der Waals surface area contributed by atoms with Crippen molar-refractivity contribution in [2.75, 3.05) is 11.1 Å². The Balaban J connectivity index is 1.74. The Morgan fingerprint density at radius 2 is 1.83 bits per heavy atom. The lowest BCUT2D eigenvalue weighted by Crippen LogP contribution is -2.16. The van der Waals surface area contributed by atoms with Gasteiger partial charge in [-0.05, 0) is 55.3 Å². The number of nitrogens with one attached hydrogen (secondary N) is 1. The fourth-order valence-corrected chi connectivity index (χ4v) is 4.51. The Hall–Kier alpha value is -3.16. The van der Waals surface area contributed by atoms with Gasteiger partial charge in [0.2, 0.25) is 5.91 Å². The molecule has 0 saturated carbocycles. The Morgan fingerprint density at radius 3 is 2.46 bits per heavy atom. The van der Waals surface area contributed by atoms with E-state index in [1.54, 1.807) is 38.1 Å². The molecule has 2 aromatic carbocycles. The van der Waals surface area contributed by atoms with Crippen molar-refractivity contribution >= 4 is 45.1 Å². The summed E-state index contributed by atoms with van der Waals surface area (Å²) in [5.74, 6) is -0.811. The maximum atomic E-state index is 12.9. The molecule has 5 nitrogen and oxygen atoms in total. The number of ketones is 1. The Morgan fingerprint density at radius 1 is 1.14 bits per heavy atom. The van der Waals surface area contributed by atoms with Gasteiger partial charge in [0.25, 0.3) is 0 Å². The molecule has 3 rings (SSSR count). The van der Waals surface area contributed by atoms with Crippen LogP contribution in [0.2, 0.25) is 0 Å². The smallest absolute Gasteiger partial charge is 0.325 e. The molecule has 0 spiro atoms. The van der Waals surface area contributed by atoms with Crippen LogP contribution in [0.25, 0.3) is 0 Å². The maximum absolute atomic E-state index is 12.9. The second kappa shape index (κ2) is 11.1. The van der Waals surface area contributed by atoms with Crippen molar-refractivity contribution in [3.8, 4) is 6.07 Å². The van der Waals surface area contributed by atoms with Crippen LogP contribution in [0.5, 0.6) is 0 Å². The average Bonchev–Trinajstić information content (AvgIpc) is 2.80. The molecule has 1 aromatic heterocycles. The number of amides is 1. The van der Waals surface area contributed by atoms with E-state index in [0.29, 0.717) is 27.4 Å². The minimum atomic E-state index is -4.52. The highest BCUT2D eigenvalue weighted by molar-refractivity contribution is 9.10. The monoisotopic (exact) mass is 561 g/mol. The van der Waals surface area contributed by atoms with Crippen molar-refractivity contribution in [2.24, 2.45) is 0 Å². The van der Waals surface area contributed by atoms with Crippen molar-refractivity contribution in [2.45, 2.75) is 31.5 Å². The van der Waals surface area contributed by atoms with Crippen LogP contribution in [0, 0.1) is 25.2 Å². The molecule has 3 aromatic rings. The minimum absolute atomic E-state index is 0.0213. The van der Waals surface area contributed by atoms with Gasteiger partial charge in [-0.1, -0.05) is 45.9 Å². The van der Waals surface area contributed by atoms with Crippen molar-refractivity contribution in [3.63, 3.8) is 0 Å². The summed E-state index contributed by atoms with van der Waals surface area (Å²) in [6.45, 7) is 3.45. The highest BCUT2D eigenvalue weighted by Gasteiger charge is 2.30. The van der Waals surface area contributed by atoms with Gasteiger partial charge >= 0.3 is 6.18 Å². The predicted molar refractivity (Wildman–Crippen MR) is 131 cm³/mol. The summed E-state index contributed by atoms with van der Waals surface area (Å²) in [5, 5.41) is 12.5. The molecule has 0 saturated heterocycles. The molecule has 0 unspecified atom stereocenters. The Bertz CT molecular complexity index is 1320. The average molecular weight is 562 g/mol. The van der Waals surface area contributed by atoms with Crippen molar-refractivity contribution in [1.29, 1.82) is 5.26 Å². The topological polar surface area (TPSA) is 82.8 Å². The van der Waals surface area contributed by atoms with Crippen LogP contribution in [0.15, 0.2) is 58.0 Å². The number of Topliss-reactive ketones (excluding diaryl/α,β-unsaturated/α-hetero) is 1. The number of hydrogen-bond donors (Lipinski definition) is 1. The number of alkyl halides is 3. The Kier molecular flexibility index (Phi) is 8.35. The first-order valence-electron chi connectivity index (χ1n) is 10.3. The lowest BCUT2D eigenvalue weighted by atomic mass is 9.96. The highest BCUT2D eigenvalue weighted by Crippen LogP contribution is 2.31. The SMILES string of the molecule is Cc1nc(SCC(=O)Nc2cccc(C(F)(F)F)c2)c(C#N)c(C)c1CC(=O)c1ccc(Br)cc1. The van der Waals surface area contributed by atoms with Gasteiger partial charge in [-0.2, -0.15) is 18.4 Å². The van der Waals surface area contributed by atoms with Crippen molar-refractivity contribution in [1.82, 2.24) is 4.98 Å². The summed E-state index contributed by atoms with van der Waals surface area (Å²) in [5.41, 5.74) is 1.76. The van der Waals surface area contributed by atoms with Crippen LogP contribution in [0.3, 0.4) is 0 Å². The highest BCUT2D eigenvalue weighted by atomic mass is 79.9. The second-order valence-electron chi connectivity index (χ2n) is 7.61. The van der Waals surface area contributed by atoms with Crippen LogP contribution in [-0.4, -0.2) is 22.4 Å². The first-order chi connectivity index (χ1) is 16.5. The second-order valence-corrected chi connectivity index (χ2v) is 9.49. The van der Waals surface area contributed by atoms with E-state index in [0.717, 1.165) is 28.4 Å². The largest absolute Gasteiger partial charge is 0.416 e.